The average molecular weight is 445 g/mol. The summed E-state index contributed by atoms with van der Waals surface area (Å²) >= 11 is 6.81. The Morgan fingerprint density at radius 2 is 1.55 bits per heavy atom. The molecule has 1 aromatic heterocycles. The van der Waals surface area contributed by atoms with Gasteiger partial charge in [0.05, 0.1) is 5.69 Å². The van der Waals surface area contributed by atoms with E-state index in [9.17, 15) is 12.8 Å². The van der Waals surface area contributed by atoms with Crippen LogP contribution in [0.2, 0.25) is 5.02 Å². The third-order valence-corrected chi connectivity index (χ3v) is 6.69. The second kappa shape index (κ2) is 7.94. The fourth-order valence-corrected chi connectivity index (χ4v) is 4.97. The van der Waals surface area contributed by atoms with Crippen molar-refractivity contribution in [2.45, 2.75) is 4.90 Å². The molecule has 0 aliphatic rings. The molecule has 0 aliphatic heterocycles. The van der Waals surface area contributed by atoms with Gasteiger partial charge in [-0.05, 0) is 29.3 Å². The van der Waals surface area contributed by atoms with Gasteiger partial charge in [-0.15, -0.1) is 11.3 Å². The Balaban J connectivity index is 1.55. The summed E-state index contributed by atoms with van der Waals surface area (Å²) in [5.41, 5.74) is 3.66. The van der Waals surface area contributed by atoms with Crippen LogP contribution in [0, 0.1) is 5.82 Å². The lowest BCUT2D eigenvalue weighted by Crippen LogP contribution is -2.14. The number of nitrogens with zero attached hydrogens (tertiary/aromatic N) is 1. The molecule has 29 heavy (non-hydrogen) atoms. The fraction of sp³-hybridized carbons (Fsp3) is 0. The Bertz CT molecular complexity index is 1260. The molecule has 4 rings (SSSR count). The van der Waals surface area contributed by atoms with E-state index in [2.05, 4.69) is 9.71 Å². The van der Waals surface area contributed by atoms with Crippen LogP contribution in [-0.2, 0) is 10.0 Å². The van der Waals surface area contributed by atoms with E-state index in [0.29, 0.717) is 5.69 Å². The van der Waals surface area contributed by atoms with Gasteiger partial charge in [-0.25, -0.2) is 17.8 Å². The van der Waals surface area contributed by atoms with E-state index in [-0.39, 0.29) is 10.2 Å². The lowest BCUT2D eigenvalue weighted by Gasteiger charge is -2.06. The lowest BCUT2D eigenvalue weighted by molar-refractivity contribution is 0.570. The smallest absolute Gasteiger partial charge is 0.255 e. The standard InChI is InChI=1S/C21H14ClFN2O2S2/c22-17-10-11-20(18(23)12-17)29(26,27)25-21-24-19(13-28-21)16-8-6-15(7-9-16)14-4-2-1-3-5-14/h1-13H,(H,24,25). The SMILES string of the molecule is O=S(=O)(Nc1nc(-c2ccc(-c3ccccc3)cc2)cs1)c1ccc(Cl)cc1F. The van der Waals surface area contributed by atoms with E-state index in [1.165, 1.54) is 6.07 Å². The highest BCUT2D eigenvalue weighted by Gasteiger charge is 2.21. The van der Waals surface area contributed by atoms with Crippen molar-refractivity contribution in [3.8, 4) is 22.4 Å². The molecular formula is C21H14ClFN2O2S2. The largest absolute Gasteiger partial charge is 0.266 e. The van der Waals surface area contributed by atoms with Gasteiger partial charge in [0, 0.05) is 16.0 Å². The quantitative estimate of drug-likeness (QED) is 0.406. The first-order chi connectivity index (χ1) is 13.9. The highest BCUT2D eigenvalue weighted by molar-refractivity contribution is 7.93. The minimum Gasteiger partial charge on any atom is -0.255 e. The number of sulfonamides is 1. The van der Waals surface area contributed by atoms with Crippen LogP contribution in [0.1, 0.15) is 0 Å². The maximum atomic E-state index is 14.0. The van der Waals surface area contributed by atoms with Crippen LogP contribution >= 0.6 is 22.9 Å². The molecular weight excluding hydrogens is 431 g/mol. The maximum absolute atomic E-state index is 14.0. The van der Waals surface area contributed by atoms with Crippen LogP contribution in [0.15, 0.2) is 83.1 Å². The highest BCUT2D eigenvalue weighted by atomic mass is 35.5. The first kappa shape index (κ1) is 19.6. The van der Waals surface area contributed by atoms with Crippen molar-refractivity contribution in [1.82, 2.24) is 4.98 Å². The number of anilines is 1. The summed E-state index contributed by atoms with van der Waals surface area (Å²) in [5, 5.41) is 2.02. The number of nitrogens with one attached hydrogen (secondary N) is 1. The summed E-state index contributed by atoms with van der Waals surface area (Å²) in [4.78, 5) is 3.84. The van der Waals surface area contributed by atoms with Crippen LogP contribution in [0.5, 0.6) is 0 Å². The van der Waals surface area contributed by atoms with Gasteiger partial charge in [0.1, 0.15) is 10.7 Å². The molecule has 1 N–H and O–H groups in total. The second-order valence-electron chi connectivity index (χ2n) is 6.16. The molecule has 0 amide bonds. The number of hydrogen-bond acceptors (Lipinski definition) is 4. The van der Waals surface area contributed by atoms with Crippen LogP contribution in [0.25, 0.3) is 22.4 Å². The average Bonchev–Trinajstić information content (AvgIpc) is 3.16. The number of rotatable bonds is 5. The molecule has 4 nitrogen and oxygen atoms in total. The zero-order valence-corrected chi connectivity index (χ0v) is 17.2. The van der Waals surface area contributed by atoms with E-state index in [1.54, 1.807) is 5.38 Å². The van der Waals surface area contributed by atoms with Gasteiger partial charge < -0.3 is 0 Å². The molecule has 8 heteroatoms. The summed E-state index contributed by atoms with van der Waals surface area (Å²) in [6, 6.07) is 21.2. The Hall–Kier alpha value is -2.74. The monoisotopic (exact) mass is 444 g/mol. The van der Waals surface area contributed by atoms with Crippen molar-refractivity contribution < 1.29 is 12.8 Å². The van der Waals surface area contributed by atoms with Crippen LogP contribution in [0.3, 0.4) is 0 Å². The van der Waals surface area contributed by atoms with Gasteiger partial charge in [-0.2, -0.15) is 0 Å². The van der Waals surface area contributed by atoms with Crippen molar-refractivity contribution in [3.05, 3.63) is 89.0 Å². The van der Waals surface area contributed by atoms with Crippen molar-refractivity contribution in [2.24, 2.45) is 0 Å². The molecule has 1 heterocycles. The Morgan fingerprint density at radius 1 is 0.897 bits per heavy atom. The van der Waals surface area contributed by atoms with Gasteiger partial charge in [-0.3, -0.25) is 4.72 Å². The molecule has 0 fully saturated rings. The van der Waals surface area contributed by atoms with Gasteiger partial charge in [0.2, 0.25) is 0 Å². The maximum Gasteiger partial charge on any atom is 0.266 e. The molecule has 0 bridgehead atoms. The van der Waals surface area contributed by atoms with E-state index in [1.807, 2.05) is 54.6 Å². The first-order valence-electron chi connectivity index (χ1n) is 8.52. The number of thiazole rings is 1. The molecule has 0 atom stereocenters. The first-order valence-corrected chi connectivity index (χ1v) is 11.3. The van der Waals surface area contributed by atoms with Gasteiger partial charge >= 0.3 is 0 Å². The van der Waals surface area contributed by atoms with Gasteiger partial charge in [-0.1, -0.05) is 66.2 Å². The number of benzene rings is 3. The highest BCUT2D eigenvalue weighted by Crippen LogP contribution is 2.29. The fourth-order valence-electron chi connectivity index (χ4n) is 2.78. The predicted octanol–water partition coefficient (Wildman–Crippen LogP) is 6.07. The van der Waals surface area contributed by atoms with Crippen LogP contribution in [-0.4, -0.2) is 13.4 Å². The van der Waals surface area contributed by atoms with E-state index in [0.717, 1.165) is 40.2 Å². The zero-order chi connectivity index (χ0) is 20.4. The van der Waals surface area contributed by atoms with Crippen molar-refractivity contribution in [2.75, 3.05) is 4.72 Å². The number of aromatic nitrogens is 1. The molecule has 0 unspecified atom stereocenters. The van der Waals surface area contributed by atoms with Gasteiger partial charge in [0.15, 0.2) is 5.13 Å². The molecule has 146 valence electrons. The molecule has 0 saturated carbocycles. The van der Waals surface area contributed by atoms with Crippen LogP contribution in [0.4, 0.5) is 9.52 Å². The normalized spacial score (nSPS) is 11.4. The van der Waals surface area contributed by atoms with Crippen molar-refractivity contribution in [3.63, 3.8) is 0 Å². The Morgan fingerprint density at radius 3 is 2.24 bits per heavy atom. The second-order valence-corrected chi connectivity index (χ2v) is 9.11. The number of hydrogen-bond donors (Lipinski definition) is 1. The number of halogens is 2. The molecule has 3 aromatic carbocycles. The van der Waals surface area contributed by atoms with Crippen molar-refractivity contribution in [1.29, 1.82) is 0 Å². The summed E-state index contributed by atoms with van der Waals surface area (Å²) in [5.74, 6) is -0.918. The topological polar surface area (TPSA) is 59.1 Å². The summed E-state index contributed by atoms with van der Waals surface area (Å²) in [6.07, 6.45) is 0. The molecule has 4 aromatic rings. The molecule has 0 saturated heterocycles. The molecule has 0 radical (unpaired) electrons. The Kier molecular flexibility index (Phi) is 5.36. The third-order valence-electron chi connectivity index (χ3n) is 4.20. The van der Waals surface area contributed by atoms with Crippen molar-refractivity contribution >= 4 is 38.1 Å². The third kappa shape index (κ3) is 4.32. The summed E-state index contributed by atoms with van der Waals surface area (Å²) in [7, 11) is -4.11. The van der Waals surface area contributed by atoms with E-state index in [4.69, 9.17) is 11.6 Å². The van der Waals surface area contributed by atoms with Gasteiger partial charge in [0.25, 0.3) is 10.0 Å². The summed E-state index contributed by atoms with van der Waals surface area (Å²) < 4.78 is 41.2. The molecule has 0 spiro atoms. The minimum atomic E-state index is -4.11. The minimum absolute atomic E-state index is 0.122. The predicted molar refractivity (Wildman–Crippen MR) is 115 cm³/mol. The zero-order valence-electron chi connectivity index (χ0n) is 14.8. The molecule has 0 aliphatic carbocycles. The Labute approximate surface area is 176 Å². The van der Waals surface area contributed by atoms with E-state index >= 15 is 0 Å². The lowest BCUT2D eigenvalue weighted by atomic mass is 10.0. The summed E-state index contributed by atoms with van der Waals surface area (Å²) in [6.45, 7) is 0. The van der Waals surface area contributed by atoms with E-state index < -0.39 is 20.7 Å². The van der Waals surface area contributed by atoms with Crippen LogP contribution < -0.4 is 4.72 Å².